The third-order valence-corrected chi connectivity index (χ3v) is 5.37. The Bertz CT molecular complexity index is 816. The van der Waals surface area contributed by atoms with E-state index in [1.807, 2.05) is 31.4 Å². The Kier molecular flexibility index (Phi) is 7.88. The van der Waals surface area contributed by atoms with Crippen molar-refractivity contribution in [3.05, 3.63) is 77.5 Å². The Hall–Kier alpha value is -2.59. The normalized spacial score (nSPS) is 17.7. The Labute approximate surface area is 174 Å². The predicted molar refractivity (Wildman–Crippen MR) is 116 cm³/mol. The third-order valence-electron chi connectivity index (χ3n) is 5.37. The highest BCUT2D eigenvalue weighted by Gasteiger charge is 2.26. The quantitative estimate of drug-likeness (QED) is 0.371. The van der Waals surface area contributed by atoms with E-state index in [2.05, 4.69) is 48.2 Å². The first-order valence-corrected chi connectivity index (χ1v) is 10.5. The van der Waals surface area contributed by atoms with Gasteiger partial charge < -0.3 is 9.47 Å². The summed E-state index contributed by atoms with van der Waals surface area (Å²) in [5.74, 6) is -0.0741. The van der Waals surface area contributed by atoms with Gasteiger partial charge in [0.2, 0.25) is 0 Å². The molecular formula is C25H31NO3. The lowest BCUT2D eigenvalue weighted by atomic mass is 9.95. The van der Waals surface area contributed by atoms with Crippen LogP contribution in [0.2, 0.25) is 0 Å². The lowest BCUT2D eigenvalue weighted by molar-refractivity contribution is -0.150. The molecule has 1 heterocycles. The first-order chi connectivity index (χ1) is 14.2. The molecule has 2 aromatic rings. The second-order valence-corrected chi connectivity index (χ2v) is 7.48. The molecule has 4 nitrogen and oxygen atoms in total. The summed E-state index contributed by atoms with van der Waals surface area (Å²) in [7, 11) is 0. The lowest BCUT2D eigenvalue weighted by Gasteiger charge is -2.31. The van der Waals surface area contributed by atoms with Gasteiger partial charge in [-0.25, -0.2) is 0 Å². The first-order valence-electron chi connectivity index (χ1n) is 10.5. The van der Waals surface area contributed by atoms with E-state index in [9.17, 15) is 4.79 Å². The zero-order chi connectivity index (χ0) is 20.5. The minimum Gasteiger partial charge on any atom is -0.499 e. The number of hydrogen-bond acceptors (Lipinski definition) is 4. The lowest BCUT2D eigenvalue weighted by Crippen LogP contribution is -2.40. The van der Waals surface area contributed by atoms with Crippen LogP contribution in [-0.4, -0.2) is 43.7 Å². The van der Waals surface area contributed by atoms with Gasteiger partial charge in [0.25, 0.3) is 0 Å². The zero-order valence-electron chi connectivity index (χ0n) is 17.5. The van der Waals surface area contributed by atoms with E-state index >= 15 is 0 Å². The number of nitrogens with zero attached hydrogens (tertiary/aromatic N) is 1. The van der Waals surface area contributed by atoms with Gasteiger partial charge in [-0.15, -0.1) is 0 Å². The third kappa shape index (κ3) is 5.94. The van der Waals surface area contributed by atoms with Gasteiger partial charge in [-0.2, -0.15) is 0 Å². The molecule has 3 rings (SSSR count). The molecule has 0 spiro atoms. The fourth-order valence-corrected chi connectivity index (χ4v) is 3.82. The van der Waals surface area contributed by atoms with Crippen molar-refractivity contribution in [1.82, 2.24) is 4.90 Å². The highest BCUT2D eigenvalue weighted by Crippen LogP contribution is 2.26. The number of piperidine rings is 1. The molecule has 1 saturated heterocycles. The van der Waals surface area contributed by atoms with Crippen LogP contribution in [0.4, 0.5) is 0 Å². The van der Waals surface area contributed by atoms with Crippen LogP contribution in [0, 0.1) is 12.8 Å². The number of carbonyl (C=O) groups is 1. The maximum absolute atomic E-state index is 12.0. The molecule has 1 aliphatic heterocycles. The van der Waals surface area contributed by atoms with Crippen LogP contribution < -0.4 is 0 Å². The second-order valence-electron chi connectivity index (χ2n) is 7.48. The zero-order valence-corrected chi connectivity index (χ0v) is 17.5. The summed E-state index contributed by atoms with van der Waals surface area (Å²) < 4.78 is 11.2. The Morgan fingerprint density at radius 3 is 2.66 bits per heavy atom. The van der Waals surface area contributed by atoms with Crippen molar-refractivity contribution in [2.45, 2.75) is 26.7 Å². The van der Waals surface area contributed by atoms with Crippen LogP contribution >= 0.6 is 0 Å². The smallest absolute Gasteiger partial charge is 0.310 e. The number of likely N-dealkylation sites (tertiary alicyclic amines) is 1. The molecule has 29 heavy (non-hydrogen) atoms. The maximum atomic E-state index is 12.0. The van der Waals surface area contributed by atoms with Crippen molar-refractivity contribution in [2.75, 3.05) is 32.8 Å². The molecule has 154 valence electrons. The van der Waals surface area contributed by atoms with Crippen molar-refractivity contribution in [1.29, 1.82) is 0 Å². The Balaban J connectivity index is 1.62. The van der Waals surface area contributed by atoms with Crippen molar-refractivity contribution in [2.24, 2.45) is 5.92 Å². The summed E-state index contributed by atoms with van der Waals surface area (Å²) in [6.45, 7) is 7.60. The standard InChI is InChI=1S/C25H31NO3/c1-3-29-25(27)22-13-9-15-26(18-22)16-17-28-19-24(21-11-5-4-6-12-21)23-14-8-7-10-20(23)2/h4-8,10-12,14,19,22H,3,9,13,15-18H2,1-2H3/b24-19-/t22-/m1/s1. The van der Waals surface area contributed by atoms with Gasteiger partial charge in [-0.3, -0.25) is 9.69 Å². The van der Waals surface area contributed by atoms with Crippen molar-refractivity contribution >= 4 is 11.5 Å². The molecular weight excluding hydrogens is 362 g/mol. The van der Waals surface area contributed by atoms with E-state index < -0.39 is 0 Å². The van der Waals surface area contributed by atoms with Crippen molar-refractivity contribution in [3.63, 3.8) is 0 Å². The molecule has 0 aliphatic carbocycles. The van der Waals surface area contributed by atoms with Crippen molar-refractivity contribution in [3.8, 4) is 0 Å². The number of aryl methyl sites for hydroxylation is 1. The van der Waals surface area contributed by atoms with Gasteiger partial charge in [0.1, 0.15) is 6.61 Å². The van der Waals surface area contributed by atoms with E-state index in [1.165, 1.54) is 11.1 Å². The number of ether oxygens (including phenoxy) is 2. The van der Waals surface area contributed by atoms with Crippen LogP contribution in [0.1, 0.15) is 36.5 Å². The average Bonchev–Trinajstić information content (AvgIpc) is 2.76. The van der Waals surface area contributed by atoms with E-state index in [0.29, 0.717) is 13.2 Å². The second kappa shape index (κ2) is 10.8. The average molecular weight is 394 g/mol. The number of rotatable bonds is 8. The summed E-state index contributed by atoms with van der Waals surface area (Å²) in [5, 5.41) is 0. The molecule has 1 aliphatic rings. The molecule has 4 heteroatoms. The summed E-state index contributed by atoms with van der Waals surface area (Å²) in [5.41, 5.74) is 4.63. The molecule has 0 aromatic heterocycles. The summed E-state index contributed by atoms with van der Waals surface area (Å²) in [4.78, 5) is 14.3. The highest BCUT2D eigenvalue weighted by molar-refractivity contribution is 5.80. The van der Waals surface area contributed by atoms with E-state index in [0.717, 1.165) is 43.6 Å². The molecule has 0 bridgehead atoms. The maximum Gasteiger partial charge on any atom is 0.310 e. The van der Waals surface area contributed by atoms with E-state index in [4.69, 9.17) is 9.47 Å². The van der Waals surface area contributed by atoms with Gasteiger partial charge in [-0.1, -0.05) is 54.6 Å². The van der Waals surface area contributed by atoms with Crippen LogP contribution in [0.5, 0.6) is 0 Å². The number of hydrogen-bond donors (Lipinski definition) is 0. The van der Waals surface area contributed by atoms with Crippen LogP contribution in [0.25, 0.3) is 5.57 Å². The Morgan fingerprint density at radius 2 is 1.90 bits per heavy atom. The number of esters is 1. The number of carbonyl (C=O) groups excluding carboxylic acids is 1. The molecule has 1 fully saturated rings. The first kappa shape index (κ1) is 21.1. The minimum atomic E-state index is -0.0658. The molecule has 1 atom stereocenters. The SMILES string of the molecule is CCOC(=O)[C@@H]1CCCN(CCO/C=C(/c2ccccc2)c2ccccc2C)C1. The van der Waals surface area contributed by atoms with E-state index in [1.54, 1.807) is 0 Å². The molecule has 0 amide bonds. The minimum absolute atomic E-state index is 0.00825. The molecule has 0 unspecified atom stereocenters. The summed E-state index contributed by atoms with van der Waals surface area (Å²) in [6.07, 6.45) is 3.82. The summed E-state index contributed by atoms with van der Waals surface area (Å²) in [6, 6.07) is 18.7. The van der Waals surface area contributed by atoms with Gasteiger partial charge >= 0.3 is 5.97 Å². The molecule has 0 N–H and O–H groups in total. The van der Waals surface area contributed by atoms with Gasteiger partial charge in [-0.05, 0) is 49.9 Å². The van der Waals surface area contributed by atoms with Gasteiger partial charge in [0.15, 0.2) is 0 Å². The van der Waals surface area contributed by atoms with Crippen molar-refractivity contribution < 1.29 is 14.3 Å². The molecule has 0 saturated carbocycles. The summed E-state index contributed by atoms with van der Waals surface area (Å²) >= 11 is 0. The van der Waals surface area contributed by atoms with Gasteiger partial charge in [0, 0.05) is 18.7 Å². The van der Waals surface area contributed by atoms with Crippen LogP contribution in [0.15, 0.2) is 60.9 Å². The largest absolute Gasteiger partial charge is 0.499 e. The fraction of sp³-hybridized carbons (Fsp3) is 0.400. The highest BCUT2D eigenvalue weighted by atomic mass is 16.5. The fourth-order valence-electron chi connectivity index (χ4n) is 3.82. The molecule has 0 radical (unpaired) electrons. The molecule has 2 aromatic carbocycles. The van der Waals surface area contributed by atoms with E-state index in [-0.39, 0.29) is 11.9 Å². The van der Waals surface area contributed by atoms with Gasteiger partial charge in [0.05, 0.1) is 18.8 Å². The monoisotopic (exact) mass is 393 g/mol. The Morgan fingerprint density at radius 1 is 1.14 bits per heavy atom. The van der Waals surface area contributed by atoms with Crippen LogP contribution in [0.3, 0.4) is 0 Å². The van der Waals surface area contributed by atoms with Crippen LogP contribution in [-0.2, 0) is 14.3 Å². The predicted octanol–water partition coefficient (Wildman–Crippen LogP) is 4.68. The topological polar surface area (TPSA) is 38.8 Å². The number of benzene rings is 2.